The maximum Gasteiger partial charge on any atom is 0.232 e. The van der Waals surface area contributed by atoms with Gasteiger partial charge in [0.2, 0.25) is 5.91 Å². The molecule has 0 fully saturated rings. The van der Waals surface area contributed by atoms with Gasteiger partial charge in [-0.1, -0.05) is 15.9 Å². The number of aryl methyl sites for hydroxylation is 2. The minimum atomic E-state index is 0.00330. The molecular formula is C13H18BrNO2S. The molecular weight excluding hydrogens is 314 g/mol. The first-order valence-corrected chi connectivity index (χ1v) is 7.48. The lowest BCUT2D eigenvalue weighted by atomic mass is 10.2. The van der Waals surface area contributed by atoms with Crippen molar-refractivity contribution >= 4 is 33.6 Å². The Labute approximate surface area is 121 Å². The Kier molecular flexibility index (Phi) is 6.18. The highest BCUT2D eigenvalue weighted by Crippen LogP contribution is 2.28. The van der Waals surface area contributed by atoms with E-state index in [1.807, 2.05) is 13.8 Å². The lowest BCUT2D eigenvalue weighted by Gasteiger charge is -2.16. The van der Waals surface area contributed by atoms with E-state index < -0.39 is 0 Å². The molecule has 100 valence electrons. The fourth-order valence-electron chi connectivity index (χ4n) is 1.43. The van der Waals surface area contributed by atoms with Crippen LogP contribution in [-0.4, -0.2) is 41.9 Å². The molecule has 0 saturated heterocycles. The third-order valence-corrected chi connectivity index (χ3v) is 4.66. The number of benzene rings is 1. The summed E-state index contributed by atoms with van der Waals surface area (Å²) in [6.07, 6.45) is 0. The second kappa shape index (κ2) is 7.16. The van der Waals surface area contributed by atoms with Crippen LogP contribution in [-0.2, 0) is 4.79 Å². The lowest BCUT2D eigenvalue weighted by Crippen LogP contribution is -2.30. The standard InChI is InChI=1S/C13H18BrNO2S/c1-9-7-12(10(2)6-11(9)14)18-8-13(17)15(3)4-5-16/h6-7,16H,4-5,8H2,1-3H3. The van der Waals surface area contributed by atoms with Crippen LogP contribution in [0.25, 0.3) is 0 Å². The fourth-order valence-corrected chi connectivity index (χ4v) is 2.94. The maximum absolute atomic E-state index is 11.8. The number of likely N-dealkylation sites (N-methyl/N-ethyl adjacent to an activating group) is 1. The monoisotopic (exact) mass is 331 g/mol. The first-order valence-electron chi connectivity index (χ1n) is 5.70. The summed E-state index contributed by atoms with van der Waals surface area (Å²) in [7, 11) is 1.71. The van der Waals surface area contributed by atoms with E-state index in [-0.39, 0.29) is 12.5 Å². The number of thioether (sulfide) groups is 1. The molecule has 1 aromatic carbocycles. The second-order valence-corrected chi connectivity index (χ2v) is 6.07. The van der Waals surface area contributed by atoms with Crippen LogP contribution in [0.15, 0.2) is 21.5 Å². The number of hydrogen-bond donors (Lipinski definition) is 1. The van der Waals surface area contributed by atoms with Crippen molar-refractivity contribution in [3.05, 3.63) is 27.7 Å². The van der Waals surface area contributed by atoms with Crippen molar-refractivity contribution < 1.29 is 9.90 Å². The molecule has 0 spiro atoms. The predicted octanol–water partition coefficient (Wildman–Crippen LogP) is 2.61. The zero-order chi connectivity index (χ0) is 13.7. The van der Waals surface area contributed by atoms with Gasteiger partial charge >= 0.3 is 0 Å². The number of hydrogen-bond acceptors (Lipinski definition) is 3. The SMILES string of the molecule is Cc1cc(SCC(=O)N(C)CCO)c(C)cc1Br. The predicted molar refractivity (Wildman–Crippen MR) is 79.1 cm³/mol. The smallest absolute Gasteiger partial charge is 0.232 e. The van der Waals surface area contributed by atoms with Gasteiger partial charge in [0.15, 0.2) is 0 Å². The number of halogens is 1. The number of carbonyl (C=O) groups is 1. The fraction of sp³-hybridized carbons (Fsp3) is 0.462. The van der Waals surface area contributed by atoms with Crippen molar-refractivity contribution in [1.29, 1.82) is 0 Å². The van der Waals surface area contributed by atoms with Crippen molar-refractivity contribution in [2.24, 2.45) is 0 Å². The van der Waals surface area contributed by atoms with Gasteiger partial charge in [0.1, 0.15) is 0 Å². The average Bonchev–Trinajstić information content (AvgIpc) is 2.32. The van der Waals surface area contributed by atoms with Gasteiger partial charge in [-0.05, 0) is 37.1 Å². The number of nitrogens with zero attached hydrogens (tertiary/aromatic N) is 1. The van der Waals surface area contributed by atoms with Crippen molar-refractivity contribution in [2.45, 2.75) is 18.7 Å². The molecule has 0 saturated carbocycles. The van der Waals surface area contributed by atoms with Gasteiger partial charge in [-0.2, -0.15) is 0 Å². The molecule has 1 rings (SSSR count). The Bertz CT molecular complexity index is 437. The van der Waals surface area contributed by atoms with Gasteiger partial charge in [-0.3, -0.25) is 4.79 Å². The summed E-state index contributed by atoms with van der Waals surface area (Å²) in [5.41, 5.74) is 2.33. The number of rotatable bonds is 5. The van der Waals surface area contributed by atoms with Crippen LogP contribution in [0.3, 0.4) is 0 Å². The van der Waals surface area contributed by atoms with Gasteiger partial charge in [-0.15, -0.1) is 11.8 Å². The van der Waals surface area contributed by atoms with E-state index in [0.717, 1.165) is 14.9 Å². The average molecular weight is 332 g/mol. The summed E-state index contributed by atoms with van der Waals surface area (Å²) in [5.74, 6) is 0.437. The largest absolute Gasteiger partial charge is 0.395 e. The van der Waals surface area contributed by atoms with Crippen LogP contribution in [0.5, 0.6) is 0 Å². The quantitative estimate of drug-likeness (QED) is 0.843. The topological polar surface area (TPSA) is 40.5 Å². The normalized spacial score (nSPS) is 10.5. The van der Waals surface area contributed by atoms with E-state index in [9.17, 15) is 4.79 Å². The molecule has 0 atom stereocenters. The summed E-state index contributed by atoms with van der Waals surface area (Å²) in [6, 6.07) is 4.16. The van der Waals surface area contributed by atoms with E-state index in [1.165, 1.54) is 17.3 Å². The Balaban J connectivity index is 2.64. The molecule has 1 aromatic rings. The van der Waals surface area contributed by atoms with E-state index in [4.69, 9.17) is 5.11 Å². The van der Waals surface area contributed by atoms with E-state index in [1.54, 1.807) is 11.9 Å². The van der Waals surface area contributed by atoms with Gasteiger partial charge in [0.05, 0.1) is 12.4 Å². The van der Waals surface area contributed by atoms with Gasteiger partial charge in [-0.25, -0.2) is 0 Å². The first kappa shape index (κ1) is 15.5. The molecule has 0 radical (unpaired) electrons. The number of aliphatic hydroxyl groups is 1. The molecule has 0 heterocycles. The van der Waals surface area contributed by atoms with E-state index >= 15 is 0 Å². The lowest BCUT2D eigenvalue weighted by molar-refractivity contribution is -0.127. The minimum Gasteiger partial charge on any atom is -0.395 e. The van der Waals surface area contributed by atoms with Crippen molar-refractivity contribution in [2.75, 3.05) is 26.0 Å². The number of aliphatic hydroxyl groups excluding tert-OH is 1. The Morgan fingerprint density at radius 3 is 2.67 bits per heavy atom. The summed E-state index contributed by atoms with van der Waals surface area (Å²) >= 11 is 5.03. The van der Waals surface area contributed by atoms with Crippen LogP contribution >= 0.6 is 27.7 Å². The van der Waals surface area contributed by atoms with Crippen LogP contribution in [0.4, 0.5) is 0 Å². The summed E-state index contributed by atoms with van der Waals surface area (Å²) in [6.45, 7) is 4.46. The molecule has 5 heteroatoms. The molecule has 0 aliphatic heterocycles. The highest BCUT2D eigenvalue weighted by Gasteiger charge is 2.10. The van der Waals surface area contributed by atoms with Crippen LogP contribution in [0, 0.1) is 13.8 Å². The molecule has 1 amide bonds. The van der Waals surface area contributed by atoms with Crippen molar-refractivity contribution in [1.82, 2.24) is 4.90 Å². The Morgan fingerprint density at radius 2 is 2.06 bits per heavy atom. The summed E-state index contributed by atoms with van der Waals surface area (Å²) < 4.78 is 1.09. The summed E-state index contributed by atoms with van der Waals surface area (Å²) in [5, 5.41) is 8.78. The van der Waals surface area contributed by atoms with E-state index in [2.05, 4.69) is 28.1 Å². The highest BCUT2D eigenvalue weighted by atomic mass is 79.9. The molecule has 0 bridgehead atoms. The van der Waals surface area contributed by atoms with Crippen LogP contribution in [0.2, 0.25) is 0 Å². The Morgan fingerprint density at radius 1 is 1.39 bits per heavy atom. The van der Waals surface area contributed by atoms with Gasteiger partial charge < -0.3 is 10.0 Å². The maximum atomic E-state index is 11.8. The van der Waals surface area contributed by atoms with Crippen molar-refractivity contribution in [3.8, 4) is 0 Å². The van der Waals surface area contributed by atoms with Crippen LogP contribution < -0.4 is 0 Å². The minimum absolute atomic E-state index is 0.00330. The van der Waals surface area contributed by atoms with Crippen molar-refractivity contribution in [3.63, 3.8) is 0 Å². The third kappa shape index (κ3) is 4.30. The zero-order valence-corrected chi connectivity index (χ0v) is 13.3. The number of carbonyl (C=O) groups excluding carboxylic acids is 1. The van der Waals surface area contributed by atoms with Gasteiger partial charge in [0, 0.05) is 23.0 Å². The molecule has 1 N–H and O–H groups in total. The number of amides is 1. The highest BCUT2D eigenvalue weighted by molar-refractivity contribution is 9.10. The third-order valence-electron chi connectivity index (χ3n) is 2.67. The Hall–Kier alpha value is -0.520. The molecule has 0 aliphatic carbocycles. The zero-order valence-electron chi connectivity index (χ0n) is 10.9. The molecule has 0 aliphatic rings. The van der Waals surface area contributed by atoms with E-state index in [0.29, 0.717) is 12.3 Å². The summed E-state index contributed by atoms with van der Waals surface area (Å²) in [4.78, 5) is 14.4. The molecule has 0 unspecified atom stereocenters. The van der Waals surface area contributed by atoms with Crippen LogP contribution in [0.1, 0.15) is 11.1 Å². The van der Waals surface area contributed by atoms with Gasteiger partial charge in [0.25, 0.3) is 0 Å². The first-order chi connectivity index (χ1) is 8.45. The second-order valence-electron chi connectivity index (χ2n) is 4.19. The molecule has 0 aromatic heterocycles. The molecule has 18 heavy (non-hydrogen) atoms. The molecule has 3 nitrogen and oxygen atoms in total.